The summed E-state index contributed by atoms with van der Waals surface area (Å²) in [5, 5.41) is 8.69. The molecule has 0 bridgehead atoms. The fourth-order valence-corrected chi connectivity index (χ4v) is 1.00. The van der Waals surface area contributed by atoms with Gasteiger partial charge >= 0.3 is 5.97 Å². The van der Waals surface area contributed by atoms with Crippen molar-refractivity contribution >= 4 is 5.97 Å². The first-order valence-electron chi connectivity index (χ1n) is 3.88. The van der Waals surface area contributed by atoms with Crippen LogP contribution < -0.4 is 0 Å². The maximum Gasteiger partial charge on any atom is 0.333 e. The van der Waals surface area contributed by atoms with Crippen LogP contribution in [-0.4, -0.2) is 29.3 Å². The van der Waals surface area contributed by atoms with Crippen molar-refractivity contribution in [2.24, 2.45) is 0 Å². The molecule has 0 aliphatic carbocycles. The number of aromatic nitrogens is 1. The van der Waals surface area contributed by atoms with Gasteiger partial charge in [0.05, 0.1) is 0 Å². The molecule has 1 rings (SSSR count). The van der Waals surface area contributed by atoms with Crippen molar-refractivity contribution in [3.8, 4) is 0 Å². The number of ether oxygens (including phenoxy) is 1. The highest BCUT2D eigenvalue weighted by Crippen LogP contribution is 2.03. The number of carboxylic acids is 1. The van der Waals surface area contributed by atoms with E-state index in [2.05, 4.69) is 4.98 Å². The minimum atomic E-state index is -0.952. The van der Waals surface area contributed by atoms with Crippen LogP contribution in [0.3, 0.4) is 0 Å². The molecule has 0 fully saturated rings. The highest BCUT2D eigenvalue weighted by atomic mass is 16.5. The van der Waals surface area contributed by atoms with Crippen molar-refractivity contribution in [3.05, 3.63) is 30.1 Å². The third-order valence-electron chi connectivity index (χ3n) is 1.70. The summed E-state index contributed by atoms with van der Waals surface area (Å²) in [7, 11) is 1.38. The Bertz CT molecular complexity index is 273. The van der Waals surface area contributed by atoms with Gasteiger partial charge in [-0.1, -0.05) is 6.07 Å². The van der Waals surface area contributed by atoms with Crippen LogP contribution in [0.1, 0.15) is 5.56 Å². The average molecular weight is 181 g/mol. The molecule has 70 valence electrons. The Morgan fingerprint density at radius 2 is 2.54 bits per heavy atom. The molecule has 4 nitrogen and oxygen atoms in total. The summed E-state index contributed by atoms with van der Waals surface area (Å²) >= 11 is 0. The number of carboxylic acid groups (broad SMARTS) is 1. The smallest absolute Gasteiger partial charge is 0.333 e. The molecule has 0 aliphatic rings. The zero-order valence-electron chi connectivity index (χ0n) is 7.30. The van der Waals surface area contributed by atoms with E-state index in [9.17, 15) is 4.79 Å². The predicted molar refractivity (Wildman–Crippen MR) is 46.4 cm³/mol. The normalized spacial score (nSPS) is 12.4. The van der Waals surface area contributed by atoms with Crippen molar-refractivity contribution in [1.82, 2.24) is 4.98 Å². The number of hydrogen-bond acceptors (Lipinski definition) is 3. The van der Waals surface area contributed by atoms with Crippen LogP contribution in [0.5, 0.6) is 0 Å². The Morgan fingerprint density at radius 3 is 3.00 bits per heavy atom. The molecule has 0 aliphatic heterocycles. The number of methoxy groups -OCH3 is 1. The Hall–Kier alpha value is -1.42. The molecule has 0 spiro atoms. The summed E-state index contributed by atoms with van der Waals surface area (Å²) in [6.07, 6.45) is 2.84. The minimum absolute atomic E-state index is 0.347. The molecular weight excluding hydrogens is 170 g/mol. The van der Waals surface area contributed by atoms with Gasteiger partial charge < -0.3 is 9.84 Å². The highest BCUT2D eigenvalue weighted by Gasteiger charge is 2.16. The zero-order valence-corrected chi connectivity index (χ0v) is 7.30. The lowest BCUT2D eigenvalue weighted by Gasteiger charge is -2.09. The van der Waals surface area contributed by atoms with Crippen LogP contribution in [0.15, 0.2) is 24.5 Å². The van der Waals surface area contributed by atoms with Crippen LogP contribution in [0.25, 0.3) is 0 Å². The molecule has 1 aromatic heterocycles. The predicted octanol–water partition coefficient (Wildman–Crippen LogP) is 0.724. The number of pyridine rings is 1. The summed E-state index contributed by atoms with van der Waals surface area (Å²) in [6.45, 7) is 0. The highest BCUT2D eigenvalue weighted by molar-refractivity contribution is 5.72. The van der Waals surface area contributed by atoms with Crippen LogP contribution in [-0.2, 0) is 16.0 Å². The summed E-state index contributed by atoms with van der Waals surface area (Å²) < 4.78 is 4.79. The minimum Gasteiger partial charge on any atom is -0.479 e. The first kappa shape index (κ1) is 9.67. The molecule has 0 saturated carbocycles. The number of aliphatic carboxylic acids is 1. The summed E-state index contributed by atoms with van der Waals surface area (Å²) in [5.41, 5.74) is 0.858. The molecule has 13 heavy (non-hydrogen) atoms. The van der Waals surface area contributed by atoms with Crippen molar-refractivity contribution in [1.29, 1.82) is 0 Å². The summed E-state index contributed by atoms with van der Waals surface area (Å²) in [4.78, 5) is 14.5. The molecule has 1 heterocycles. The maximum absolute atomic E-state index is 10.6. The monoisotopic (exact) mass is 181 g/mol. The fraction of sp³-hybridized carbons (Fsp3) is 0.333. The molecule has 0 amide bonds. The molecule has 0 radical (unpaired) electrons. The first-order chi connectivity index (χ1) is 6.24. The number of carbonyl (C=O) groups is 1. The van der Waals surface area contributed by atoms with Crippen LogP contribution in [0.2, 0.25) is 0 Å². The standard InChI is InChI=1S/C9H11NO3/c1-13-8(9(11)12)5-7-3-2-4-10-6-7/h2-4,6,8H,5H2,1H3,(H,11,12). The van der Waals surface area contributed by atoms with Gasteiger partial charge in [0.15, 0.2) is 6.10 Å². The Morgan fingerprint density at radius 1 is 1.77 bits per heavy atom. The maximum atomic E-state index is 10.6. The molecule has 1 atom stereocenters. The summed E-state index contributed by atoms with van der Waals surface area (Å²) in [5.74, 6) is -0.952. The molecule has 0 aromatic carbocycles. The van der Waals surface area contributed by atoms with Gasteiger partial charge in [0.2, 0.25) is 0 Å². The Balaban J connectivity index is 2.62. The lowest BCUT2D eigenvalue weighted by Crippen LogP contribution is -2.24. The summed E-state index contributed by atoms with van der Waals surface area (Å²) in [6, 6.07) is 3.59. The Kier molecular flexibility index (Phi) is 3.40. The third-order valence-corrected chi connectivity index (χ3v) is 1.70. The van der Waals surface area contributed by atoms with Gasteiger partial charge in [-0.25, -0.2) is 4.79 Å². The van der Waals surface area contributed by atoms with E-state index in [1.54, 1.807) is 18.5 Å². The first-order valence-corrected chi connectivity index (χ1v) is 3.88. The van der Waals surface area contributed by atoms with Gasteiger partial charge in [-0.3, -0.25) is 4.98 Å². The second kappa shape index (κ2) is 4.57. The van der Waals surface area contributed by atoms with Crippen molar-refractivity contribution < 1.29 is 14.6 Å². The number of nitrogens with zero attached hydrogens (tertiary/aromatic N) is 1. The molecule has 1 aromatic rings. The van der Waals surface area contributed by atoms with Crippen molar-refractivity contribution in [2.75, 3.05) is 7.11 Å². The van der Waals surface area contributed by atoms with Crippen LogP contribution in [0, 0.1) is 0 Å². The van der Waals surface area contributed by atoms with E-state index in [0.717, 1.165) is 5.56 Å². The average Bonchev–Trinajstić information content (AvgIpc) is 2.15. The van der Waals surface area contributed by atoms with E-state index in [4.69, 9.17) is 9.84 Å². The molecule has 0 saturated heterocycles. The third kappa shape index (κ3) is 2.83. The number of hydrogen-bond donors (Lipinski definition) is 1. The molecule has 1 unspecified atom stereocenters. The van der Waals surface area contributed by atoms with E-state index in [1.165, 1.54) is 7.11 Å². The van der Waals surface area contributed by atoms with Gasteiger partial charge in [-0.2, -0.15) is 0 Å². The van der Waals surface area contributed by atoms with E-state index in [-0.39, 0.29) is 0 Å². The number of rotatable bonds is 4. The van der Waals surface area contributed by atoms with E-state index >= 15 is 0 Å². The quantitative estimate of drug-likeness (QED) is 0.743. The lowest BCUT2D eigenvalue weighted by molar-refractivity contribution is -0.148. The van der Waals surface area contributed by atoms with E-state index in [0.29, 0.717) is 6.42 Å². The zero-order chi connectivity index (χ0) is 9.68. The van der Waals surface area contributed by atoms with Crippen molar-refractivity contribution in [2.45, 2.75) is 12.5 Å². The largest absolute Gasteiger partial charge is 0.479 e. The van der Waals surface area contributed by atoms with Gasteiger partial charge in [-0.05, 0) is 11.6 Å². The van der Waals surface area contributed by atoms with Gasteiger partial charge in [-0.15, -0.1) is 0 Å². The SMILES string of the molecule is COC(Cc1cccnc1)C(=O)O. The fourth-order valence-electron chi connectivity index (χ4n) is 1.00. The second-order valence-corrected chi connectivity index (χ2v) is 2.63. The van der Waals surface area contributed by atoms with Crippen LogP contribution >= 0.6 is 0 Å². The molecular formula is C9H11NO3. The topological polar surface area (TPSA) is 59.4 Å². The van der Waals surface area contributed by atoms with Crippen molar-refractivity contribution in [3.63, 3.8) is 0 Å². The van der Waals surface area contributed by atoms with E-state index < -0.39 is 12.1 Å². The molecule has 4 heteroatoms. The van der Waals surface area contributed by atoms with Gasteiger partial charge in [0.25, 0.3) is 0 Å². The van der Waals surface area contributed by atoms with Gasteiger partial charge in [0.1, 0.15) is 0 Å². The second-order valence-electron chi connectivity index (χ2n) is 2.63. The van der Waals surface area contributed by atoms with Crippen LogP contribution in [0.4, 0.5) is 0 Å². The van der Waals surface area contributed by atoms with Gasteiger partial charge in [0, 0.05) is 25.9 Å². The molecule has 1 N–H and O–H groups in total. The Labute approximate surface area is 76.2 Å². The van der Waals surface area contributed by atoms with E-state index in [1.807, 2.05) is 6.07 Å². The lowest BCUT2D eigenvalue weighted by atomic mass is 10.1.